The fourth-order valence-electron chi connectivity index (χ4n) is 1.71. The third-order valence-corrected chi connectivity index (χ3v) is 2.77. The molecule has 0 aliphatic heterocycles. The van der Waals surface area contributed by atoms with Gasteiger partial charge in [-0.05, 0) is 31.5 Å². The molecule has 1 N–H and O–H groups in total. The molecule has 1 rings (SSSR count). The van der Waals surface area contributed by atoms with Crippen molar-refractivity contribution in [2.45, 2.75) is 18.9 Å². The lowest BCUT2D eigenvalue weighted by Crippen LogP contribution is -2.30. The summed E-state index contributed by atoms with van der Waals surface area (Å²) in [6, 6.07) is 4.20. The zero-order chi connectivity index (χ0) is 13.5. The molecule has 0 amide bonds. The number of benzene rings is 1. The number of likely N-dealkylation sites (N-methyl/N-ethyl adjacent to an activating group) is 1. The molecule has 1 unspecified atom stereocenters. The average Bonchev–Trinajstić information content (AvgIpc) is 2.34. The van der Waals surface area contributed by atoms with Crippen molar-refractivity contribution in [3.05, 3.63) is 39.7 Å². The van der Waals surface area contributed by atoms with E-state index in [1.807, 2.05) is 7.05 Å². The Morgan fingerprint density at radius 1 is 1.56 bits per heavy atom. The van der Waals surface area contributed by atoms with Crippen LogP contribution in [-0.2, 0) is 11.2 Å². The second kappa shape index (κ2) is 7.03. The Morgan fingerprint density at radius 2 is 2.28 bits per heavy atom. The number of nitro groups is 1. The maximum Gasteiger partial charge on any atom is 0.304 e. The normalized spacial score (nSPS) is 12.4. The predicted octanol–water partition coefficient (Wildman–Crippen LogP) is 1.90. The standard InChI is InChI=1S/C12H17FN2O3/c1-14-10(8-18-2)5-3-9-4-6-12(15(16)17)11(13)7-9/h4,6-7,10,14H,3,5,8H2,1-2H3. The van der Waals surface area contributed by atoms with Crippen molar-refractivity contribution >= 4 is 5.69 Å². The molecule has 0 aliphatic rings. The van der Waals surface area contributed by atoms with Gasteiger partial charge in [-0.3, -0.25) is 10.1 Å². The van der Waals surface area contributed by atoms with Crippen LogP contribution in [0, 0.1) is 15.9 Å². The van der Waals surface area contributed by atoms with E-state index in [1.165, 1.54) is 12.1 Å². The molecule has 0 aliphatic carbocycles. The van der Waals surface area contributed by atoms with Crippen molar-refractivity contribution in [3.8, 4) is 0 Å². The van der Waals surface area contributed by atoms with Gasteiger partial charge in [0, 0.05) is 19.2 Å². The van der Waals surface area contributed by atoms with Gasteiger partial charge in [0.1, 0.15) is 0 Å². The first-order valence-electron chi connectivity index (χ1n) is 5.67. The Hall–Kier alpha value is -1.53. The minimum absolute atomic E-state index is 0.188. The van der Waals surface area contributed by atoms with Crippen LogP contribution in [0.15, 0.2) is 18.2 Å². The van der Waals surface area contributed by atoms with E-state index in [0.717, 1.165) is 12.0 Å². The van der Waals surface area contributed by atoms with Crippen molar-refractivity contribution in [1.29, 1.82) is 0 Å². The first kappa shape index (κ1) is 14.5. The summed E-state index contributed by atoms with van der Waals surface area (Å²) >= 11 is 0. The zero-order valence-electron chi connectivity index (χ0n) is 10.5. The molecule has 0 radical (unpaired) electrons. The summed E-state index contributed by atoms with van der Waals surface area (Å²) in [4.78, 5) is 9.75. The van der Waals surface area contributed by atoms with Crippen LogP contribution in [0.25, 0.3) is 0 Å². The summed E-state index contributed by atoms with van der Waals surface area (Å²) in [7, 11) is 3.45. The van der Waals surface area contributed by atoms with Crippen molar-refractivity contribution in [2.75, 3.05) is 20.8 Å². The highest BCUT2D eigenvalue weighted by molar-refractivity contribution is 5.35. The first-order chi connectivity index (χ1) is 8.58. The van der Waals surface area contributed by atoms with Gasteiger partial charge < -0.3 is 10.1 Å². The Labute approximate surface area is 105 Å². The number of halogens is 1. The molecule has 100 valence electrons. The average molecular weight is 256 g/mol. The van der Waals surface area contributed by atoms with Gasteiger partial charge in [-0.2, -0.15) is 4.39 Å². The van der Waals surface area contributed by atoms with Crippen molar-refractivity contribution < 1.29 is 14.1 Å². The lowest BCUT2D eigenvalue weighted by atomic mass is 10.1. The van der Waals surface area contributed by atoms with E-state index in [1.54, 1.807) is 13.2 Å². The predicted molar refractivity (Wildman–Crippen MR) is 66.1 cm³/mol. The smallest absolute Gasteiger partial charge is 0.304 e. The Bertz CT molecular complexity index is 412. The minimum atomic E-state index is -0.787. The van der Waals surface area contributed by atoms with Crippen LogP contribution >= 0.6 is 0 Å². The second-order valence-electron chi connectivity index (χ2n) is 4.02. The van der Waals surface area contributed by atoms with Crippen molar-refractivity contribution in [3.63, 3.8) is 0 Å². The summed E-state index contributed by atoms with van der Waals surface area (Å²) in [6.07, 6.45) is 1.42. The lowest BCUT2D eigenvalue weighted by molar-refractivity contribution is -0.387. The lowest BCUT2D eigenvalue weighted by Gasteiger charge is -2.14. The summed E-state index contributed by atoms with van der Waals surface area (Å²) < 4.78 is 18.4. The van der Waals surface area contributed by atoms with Crippen LogP contribution < -0.4 is 5.32 Å². The van der Waals surface area contributed by atoms with Crippen molar-refractivity contribution in [1.82, 2.24) is 5.32 Å². The molecule has 1 atom stereocenters. The number of methoxy groups -OCH3 is 1. The molecule has 6 heteroatoms. The summed E-state index contributed by atoms with van der Waals surface area (Å²) in [5.74, 6) is -0.787. The Kier molecular flexibility index (Phi) is 5.67. The number of ether oxygens (including phenoxy) is 1. The fraction of sp³-hybridized carbons (Fsp3) is 0.500. The molecule has 0 heterocycles. The van der Waals surface area contributed by atoms with Crippen LogP contribution in [-0.4, -0.2) is 31.7 Å². The molecular weight excluding hydrogens is 239 g/mol. The summed E-state index contributed by atoms with van der Waals surface area (Å²) in [5.41, 5.74) is 0.260. The highest BCUT2D eigenvalue weighted by atomic mass is 19.1. The SMILES string of the molecule is CNC(CCc1ccc([N+](=O)[O-])c(F)c1)COC. The Morgan fingerprint density at radius 3 is 2.78 bits per heavy atom. The third-order valence-electron chi connectivity index (χ3n) is 2.77. The zero-order valence-corrected chi connectivity index (χ0v) is 10.5. The fourth-order valence-corrected chi connectivity index (χ4v) is 1.71. The number of nitrogens with zero attached hydrogens (tertiary/aromatic N) is 1. The van der Waals surface area contributed by atoms with Crippen LogP contribution in [0.3, 0.4) is 0 Å². The molecule has 18 heavy (non-hydrogen) atoms. The van der Waals surface area contributed by atoms with E-state index in [9.17, 15) is 14.5 Å². The molecular formula is C12H17FN2O3. The van der Waals surface area contributed by atoms with E-state index in [4.69, 9.17) is 4.74 Å². The monoisotopic (exact) mass is 256 g/mol. The first-order valence-corrected chi connectivity index (χ1v) is 5.67. The maximum absolute atomic E-state index is 13.4. The molecule has 1 aromatic rings. The van der Waals surface area contributed by atoms with Crippen molar-refractivity contribution in [2.24, 2.45) is 0 Å². The number of nitro benzene ring substituents is 1. The van der Waals surface area contributed by atoms with Gasteiger partial charge in [-0.25, -0.2) is 0 Å². The molecule has 0 aromatic heterocycles. The van der Waals surface area contributed by atoms with Gasteiger partial charge in [0.2, 0.25) is 5.82 Å². The van der Waals surface area contributed by atoms with E-state index in [-0.39, 0.29) is 6.04 Å². The summed E-state index contributed by atoms with van der Waals surface area (Å²) in [6.45, 7) is 0.575. The molecule has 0 spiro atoms. The number of hydrogen-bond donors (Lipinski definition) is 1. The molecule has 0 fully saturated rings. The van der Waals surface area contributed by atoms with E-state index in [0.29, 0.717) is 13.0 Å². The molecule has 0 saturated heterocycles. The largest absolute Gasteiger partial charge is 0.383 e. The minimum Gasteiger partial charge on any atom is -0.383 e. The molecule has 5 nitrogen and oxygen atoms in total. The number of rotatable bonds is 7. The van der Waals surface area contributed by atoms with Gasteiger partial charge in [-0.15, -0.1) is 0 Å². The van der Waals surface area contributed by atoms with Crippen LogP contribution in [0.4, 0.5) is 10.1 Å². The highest BCUT2D eigenvalue weighted by Gasteiger charge is 2.14. The van der Waals surface area contributed by atoms with Crippen LogP contribution in [0.1, 0.15) is 12.0 Å². The van der Waals surface area contributed by atoms with E-state index >= 15 is 0 Å². The van der Waals surface area contributed by atoms with Gasteiger partial charge in [0.25, 0.3) is 0 Å². The van der Waals surface area contributed by atoms with E-state index < -0.39 is 16.4 Å². The third kappa shape index (κ3) is 4.05. The molecule has 1 aromatic carbocycles. The summed E-state index contributed by atoms with van der Waals surface area (Å²) in [5, 5.41) is 13.6. The van der Waals surface area contributed by atoms with Crippen LogP contribution in [0.5, 0.6) is 0 Å². The van der Waals surface area contributed by atoms with Gasteiger partial charge in [-0.1, -0.05) is 6.07 Å². The van der Waals surface area contributed by atoms with Gasteiger partial charge in [0.05, 0.1) is 11.5 Å². The van der Waals surface area contributed by atoms with Gasteiger partial charge in [0.15, 0.2) is 0 Å². The van der Waals surface area contributed by atoms with Gasteiger partial charge >= 0.3 is 5.69 Å². The molecule has 0 saturated carbocycles. The maximum atomic E-state index is 13.4. The highest BCUT2D eigenvalue weighted by Crippen LogP contribution is 2.19. The topological polar surface area (TPSA) is 64.4 Å². The number of hydrogen-bond acceptors (Lipinski definition) is 4. The second-order valence-corrected chi connectivity index (χ2v) is 4.02. The molecule has 0 bridgehead atoms. The van der Waals surface area contributed by atoms with E-state index in [2.05, 4.69) is 5.32 Å². The van der Waals surface area contributed by atoms with Crippen LogP contribution in [0.2, 0.25) is 0 Å². The Balaban J connectivity index is 2.63. The number of aryl methyl sites for hydroxylation is 1. The number of nitrogens with one attached hydrogen (secondary N) is 1. The quantitative estimate of drug-likeness (QED) is 0.597.